The molecule has 0 atom stereocenters. The first-order chi connectivity index (χ1) is 10.5. The summed E-state index contributed by atoms with van der Waals surface area (Å²) in [6.45, 7) is 6.94. The van der Waals surface area contributed by atoms with Gasteiger partial charge in [0, 0.05) is 21.6 Å². The quantitative estimate of drug-likeness (QED) is 0.241. The Morgan fingerprint density at radius 3 is 2.14 bits per heavy atom. The zero-order valence-corrected chi connectivity index (χ0v) is 12.1. The molecular formula is C10H4N6O4S2. The minimum absolute atomic E-state index is 0.116. The molecule has 10 nitrogen and oxygen atoms in total. The second kappa shape index (κ2) is 6.21. The summed E-state index contributed by atoms with van der Waals surface area (Å²) in [4.78, 5) is 3.05. The number of nitrogens with zero attached hydrogens (tertiary/aromatic N) is 6. The van der Waals surface area contributed by atoms with Crippen molar-refractivity contribution in [1.82, 2.24) is 0 Å². The van der Waals surface area contributed by atoms with Crippen LogP contribution in [-0.4, -0.2) is 0 Å². The topological polar surface area (TPSA) is 136 Å². The van der Waals surface area contributed by atoms with Crippen LogP contribution in [0.25, 0.3) is 4.85 Å². The molecule has 22 heavy (non-hydrogen) atoms. The van der Waals surface area contributed by atoms with Crippen LogP contribution in [0.1, 0.15) is 5.56 Å². The third-order valence-corrected chi connectivity index (χ3v) is 4.62. The maximum atomic E-state index is 11.6. The fourth-order valence-electron chi connectivity index (χ4n) is 1.36. The van der Waals surface area contributed by atoms with Crippen molar-refractivity contribution in [3.63, 3.8) is 0 Å². The fraction of sp³-hybridized carbons (Fsp3) is 0. The lowest BCUT2D eigenvalue weighted by molar-refractivity contribution is -0.766. The SMILES string of the molecule is [C-]#[N+]c1c[n+]([O-])c[n+]([O-])c1SSc1c(C#N)c[n+]([O-])c[n+]1[O-]. The molecule has 2 heterocycles. The van der Waals surface area contributed by atoms with E-state index in [-0.39, 0.29) is 40.2 Å². The first-order valence-corrected chi connectivity index (χ1v) is 7.45. The molecule has 0 unspecified atom stereocenters. The standard InChI is InChI=1S/C10H4N6O4S2/c1-12-8-4-14(18)6-16(20)10(8)22-21-9-7(2-11)3-13(17)5-15(9)19/h3-6H. The van der Waals surface area contributed by atoms with Crippen molar-refractivity contribution >= 4 is 27.3 Å². The van der Waals surface area contributed by atoms with Crippen LogP contribution in [0.15, 0.2) is 35.1 Å². The number of hydrogen-bond donors (Lipinski definition) is 0. The van der Waals surface area contributed by atoms with Crippen molar-refractivity contribution in [2.45, 2.75) is 10.1 Å². The summed E-state index contributed by atoms with van der Waals surface area (Å²) in [5, 5.41) is 54.2. The third kappa shape index (κ3) is 3.03. The highest BCUT2D eigenvalue weighted by Gasteiger charge is 2.25. The smallest absolute Gasteiger partial charge is 0.430 e. The summed E-state index contributed by atoms with van der Waals surface area (Å²) in [5.41, 5.74) is -0.377. The van der Waals surface area contributed by atoms with Crippen molar-refractivity contribution in [2.75, 3.05) is 0 Å². The molecule has 0 aromatic carbocycles. The van der Waals surface area contributed by atoms with Gasteiger partial charge >= 0.3 is 18.3 Å². The summed E-state index contributed by atoms with van der Waals surface area (Å²) < 4.78 is 0.747. The predicted octanol–water partition coefficient (Wildman–Crippen LogP) is -0.558. The lowest BCUT2D eigenvalue weighted by Gasteiger charge is -2.05. The van der Waals surface area contributed by atoms with Gasteiger partial charge in [0.2, 0.25) is 12.4 Å². The van der Waals surface area contributed by atoms with E-state index in [0.29, 0.717) is 12.7 Å². The lowest BCUT2D eigenvalue weighted by atomic mass is 10.4. The molecule has 0 saturated heterocycles. The van der Waals surface area contributed by atoms with Crippen molar-refractivity contribution < 1.29 is 18.9 Å². The minimum atomic E-state index is -0.198. The molecular weight excluding hydrogens is 332 g/mol. The molecule has 0 aliphatic heterocycles. The van der Waals surface area contributed by atoms with Gasteiger partial charge in [0.25, 0.3) is 10.1 Å². The first kappa shape index (κ1) is 15.4. The van der Waals surface area contributed by atoms with Gasteiger partial charge in [-0.25, -0.2) is 4.85 Å². The van der Waals surface area contributed by atoms with Crippen LogP contribution in [0.4, 0.5) is 5.69 Å². The minimum Gasteiger partial charge on any atom is -0.615 e. The van der Waals surface area contributed by atoms with Crippen LogP contribution in [0, 0.1) is 38.7 Å². The van der Waals surface area contributed by atoms with E-state index in [9.17, 15) is 20.8 Å². The monoisotopic (exact) mass is 336 g/mol. The first-order valence-electron chi connectivity index (χ1n) is 5.30. The Labute approximate surface area is 131 Å². The van der Waals surface area contributed by atoms with Gasteiger partial charge in [0.1, 0.15) is 6.07 Å². The molecule has 0 spiro atoms. The maximum Gasteiger partial charge on any atom is 0.430 e. The highest BCUT2D eigenvalue weighted by atomic mass is 33.1. The third-order valence-electron chi connectivity index (χ3n) is 2.23. The number of rotatable bonds is 3. The zero-order valence-electron chi connectivity index (χ0n) is 10.4. The second-order valence-corrected chi connectivity index (χ2v) is 5.77. The fourth-order valence-corrected chi connectivity index (χ4v) is 3.57. The van der Waals surface area contributed by atoms with Gasteiger partial charge in [0.15, 0.2) is 5.56 Å². The molecule has 12 heteroatoms. The van der Waals surface area contributed by atoms with E-state index < -0.39 is 0 Å². The van der Waals surface area contributed by atoms with Crippen LogP contribution in [0.2, 0.25) is 0 Å². The van der Waals surface area contributed by atoms with Crippen molar-refractivity contribution in [2.24, 2.45) is 0 Å². The Kier molecular flexibility index (Phi) is 4.36. The van der Waals surface area contributed by atoms with Gasteiger partial charge in [-0.05, 0) is 0 Å². The van der Waals surface area contributed by atoms with Crippen LogP contribution in [-0.2, 0) is 0 Å². The number of aromatic nitrogens is 4. The van der Waals surface area contributed by atoms with E-state index in [1.165, 1.54) is 0 Å². The molecule has 110 valence electrons. The molecule has 0 aliphatic rings. The van der Waals surface area contributed by atoms with E-state index in [0.717, 1.165) is 34.0 Å². The summed E-state index contributed by atoms with van der Waals surface area (Å²) >= 11 is 0. The second-order valence-electron chi connectivity index (χ2n) is 3.66. The highest BCUT2D eigenvalue weighted by molar-refractivity contribution is 8.76. The molecule has 0 bridgehead atoms. The van der Waals surface area contributed by atoms with Crippen LogP contribution in [0.3, 0.4) is 0 Å². The molecule has 2 aromatic rings. The zero-order chi connectivity index (χ0) is 16.3. The molecule has 0 N–H and O–H groups in total. The highest BCUT2D eigenvalue weighted by Crippen LogP contribution is 2.38. The molecule has 0 fully saturated rings. The molecule has 0 amide bonds. The van der Waals surface area contributed by atoms with E-state index in [2.05, 4.69) is 4.85 Å². The van der Waals surface area contributed by atoms with Crippen LogP contribution in [0.5, 0.6) is 0 Å². The van der Waals surface area contributed by atoms with E-state index in [1.807, 2.05) is 0 Å². The van der Waals surface area contributed by atoms with Gasteiger partial charge in [0.05, 0.1) is 6.57 Å². The van der Waals surface area contributed by atoms with E-state index >= 15 is 0 Å². The van der Waals surface area contributed by atoms with Crippen LogP contribution >= 0.6 is 21.6 Å². The van der Waals surface area contributed by atoms with E-state index in [1.54, 1.807) is 6.07 Å². The molecule has 2 aromatic heterocycles. The summed E-state index contributed by atoms with van der Waals surface area (Å²) in [7, 11) is 1.45. The number of hydrogen-bond acceptors (Lipinski definition) is 7. The largest absolute Gasteiger partial charge is 0.615 e. The Hall–Kier alpha value is -2.96. The Balaban J connectivity index is 2.37. The Bertz CT molecular complexity index is 762. The average molecular weight is 336 g/mol. The maximum absolute atomic E-state index is 11.6. The lowest BCUT2D eigenvalue weighted by Crippen LogP contribution is -2.43. The number of nitriles is 1. The average Bonchev–Trinajstić information content (AvgIpc) is 2.46. The molecule has 0 aliphatic carbocycles. The van der Waals surface area contributed by atoms with Gasteiger partial charge in [-0.2, -0.15) is 5.26 Å². The van der Waals surface area contributed by atoms with Gasteiger partial charge in [-0.1, -0.05) is 0 Å². The van der Waals surface area contributed by atoms with Gasteiger partial charge in [-0.3, -0.25) is 0 Å². The van der Waals surface area contributed by atoms with Gasteiger partial charge in [-0.15, -0.1) is 18.9 Å². The summed E-state index contributed by atoms with van der Waals surface area (Å²) in [5.74, 6) is 0. The van der Waals surface area contributed by atoms with E-state index in [4.69, 9.17) is 11.8 Å². The Morgan fingerprint density at radius 1 is 1.00 bits per heavy atom. The molecule has 0 radical (unpaired) electrons. The molecule has 0 saturated carbocycles. The Morgan fingerprint density at radius 2 is 1.55 bits per heavy atom. The van der Waals surface area contributed by atoms with Crippen molar-refractivity contribution in [3.05, 3.63) is 62.9 Å². The summed E-state index contributed by atoms with van der Waals surface area (Å²) in [6, 6.07) is 1.69. The van der Waals surface area contributed by atoms with Crippen molar-refractivity contribution in [1.29, 1.82) is 5.26 Å². The van der Waals surface area contributed by atoms with Crippen LogP contribution < -0.4 is 18.9 Å². The van der Waals surface area contributed by atoms with Gasteiger partial charge < -0.3 is 20.8 Å². The predicted molar refractivity (Wildman–Crippen MR) is 71.4 cm³/mol. The van der Waals surface area contributed by atoms with Crippen molar-refractivity contribution in [3.8, 4) is 6.07 Å². The summed E-state index contributed by atoms with van der Waals surface area (Å²) in [6.07, 6.45) is 3.16. The molecule has 2 rings (SSSR count). The normalized spacial score (nSPS) is 9.91.